The van der Waals surface area contributed by atoms with Gasteiger partial charge in [-0.25, -0.2) is 4.98 Å². The average Bonchev–Trinajstić information content (AvgIpc) is 2.69. The van der Waals surface area contributed by atoms with Gasteiger partial charge in [0.25, 0.3) is 0 Å². The highest BCUT2D eigenvalue weighted by Crippen LogP contribution is 2.22. The molecule has 0 aliphatic carbocycles. The maximum absolute atomic E-state index is 4.54. The number of aromatic nitrogens is 1. The summed E-state index contributed by atoms with van der Waals surface area (Å²) in [5, 5.41) is 2.66. The summed E-state index contributed by atoms with van der Waals surface area (Å²) in [5.41, 5.74) is 1.38. The van der Waals surface area contributed by atoms with Gasteiger partial charge in [-0.2, -0.15) is 0 Å². The fourth-order valence-corrected chi connectivity index (χ4v) is 3.88. The lowest BCUT2D eigenvalue weighted by Crippen LogP contribution is -2.58. The molecule has 0 spiro atoms. The molecular weight excluding hydrogens is 320 g/mol. The van der Waals surface area contributed by atoms with Crippen molar-refractivity contribution in [2.45, 2.75) is 12.7 Å². The molecule has 2 aromatic carbocycles. The van der Waals surface area contributed by atoms with Crippen molar-refractivity contribution in [2.75, 3.05) is 38.6 Å². The van der Waals surface area contributed by atoms with Gasteiger partial charge in [0.2, 0.25) is 0 Å². The zero-order chi connectivity index (χ0) is 17.9. The highest BCUT2D eigenvalue weighted by atomic mass is 15.4. The van der Waals surface area contributed by atoms with E-state index in [9.17, 15) is 0 Å². The van der Waals surface area contributed by atoms with E-state index in [4.69, 9.17) is 0 Å². The number of pyridine rings is 1. The minimum atomic E-state index is 0.365. The molecule has 1 fully saturated rings. The van der Waals surface area contributed by atoms with E-state index < -0.39 is 0 Å². The number of nitrogens with zero attached hydrogens (tertiary/aromatic N) is 4. The van der Waals surface area contributed by atoms with Gasteiger partial charge >= 0.3 is 0 Å². The van der Waals surface area contributed by atoms with Gasteiger partial charge in [-0.1, -0.05) is 48.5 Å². The zero-order valence-corrected chi connectivity index (χ0v) is 15.5. The van der Waals surface area contributed by atoms with Crippen molar-refractivity contribution >= 4 is 16.6 Å². The molecule has 134 valence electrons. The molecule has 0 N–H and O–H groups in total. The second-order valence-electron chi connectivity index (χ2n) is 7.15. The summed E-state index contributed by atoms with van der Waals surface area (Å²) >= 11 is 0. The molecule has 1 unspecified atom stereocenters. The lowest BCUT2D eigenvalue weighted by molar-refractivity contribution is 0.0673. The first-order valence-electron chi connectivity index (χ1n) is 9.25. The standard InChI is InChI=1S/C22H26N4/c1-24-14-15-26(21-12-5-6-13-23-21)17-22(24)25(2)16-19-10-7-9-18-8-3-4-11-20(18)19/h3-13,22H,14-17H2,1-2H3. The SMILES string of the molecule is CN1CCN(c2ccccn2)CC1N(C)Cc1cccc2ccccc12. The van der Waals surface area contributed by atoms with E-state index in [1.54, 1.807) is 0 Å². The Morgan fingerprint density at radius 3 is 2.65 bits per heavy atom. The number of benzene rings is 2. The van der Waals surface area contributed by atoms with Gasteiger partial charge < -0.3 is 4.90 Å². The molecule has 0 amide bonds. The van der Waals surface area contributed by atoms with E-state index in [1.165, 1.54) is 16.3 Å². The van der Waals surface area contributed by atoms with Crippen LogP contribution < -0.4 is 4.90 Å². The van der Waals surface area contributed by atoms with Crippen LogP contribution in [0.2, 0.25) is 0 Å². The normalized spacial score (nSPS) is 18.6. The molecule has 4 rings (SSSR count). The van der Waals surface area contributed by atoms with Gasteiger partial charge in [0.05, 0.1) is 6.17 Å². The van der Waals surface area contributed by atoms with Crippen LogP contribution in [-0.2, 0) is 6.54 Å². The number of rotatable bonds is 4. The van der Waals surface area contributed by atoms with E-state index in [1.807, 2.05) is 12.3 Å². The quantitative estimate of drug-likeness (QED) is 0.722. The number of anilines is 1. The monoisotopic (exact) mass is 346 g/mol. The van der Waals surface area contributed by atoms with E-state index in [0.717, 1.165) is 32.0 Å². The first kappa shape index (κ1) is 17.0. The molecule has 1 saturated heterocycles. The summed E-state index contributed by atoms with van der Waals surface area (Å²) in [4.78, 5) is 11.8. The molecule has 2 heterocycles. The number of likely N-dealkylation sites (N-methyl/N-ethyl adjacent to an activating group) is 2. The third-order valence-corrected chi connectivity index (χ3v) is 5.40. The van der Waals surface area contributed by atoms with Crippen molar-refractivity contribution in [3.05, 3.63) is 72.4 Å². The van der Waals surface area contributed by atoms with Crippen LogP contribution in [0.15, 0.2) is 66.9 Å². The van der Waals surface area contributed by atoms with Gasteiger partial charge in [-0.05, 0) is 42.6 Å². The molecule has 4 heteroatoms. The molecule has 0 bridgehead atoms. The zero-order valence-electron chi connectivity index (χ0n) is 15.5. The largest absolute Gasteiger partial charge is 0.352 e. The maximum Gasteiger partial charge on any atom is 0.128 e. The molecule has 0 radical (unpaired) electrons. The Morgan fingerprint density at radius 1 is 1.00 bits per heavy atom. The maximum atomic E-state index is 4.54. The minimum absolute atomic E-state index is 0.365. The van der Waals surface area contributed by atoms with Crippen molar-refractivity contribution in [1.82, 2.24) is 14.8 Å². The second kappa shape index (κ2) is 7.44. The number of hydrogen-bond acceptors (Lipinski definition) is 4. The first-order chi connectivity index (χ1) is 12.7. The van der Waals surface area contributed by atoms with Gasteiger partial charge in [0, 0.05) is 32.4 Å². The molecule has 26 heavy (non-hydrogen) atoms. The van der Waals surface area contributed by atoms with Crippen molar-refractivity contribution in [2.24, 2.45) is 0 Å². The molecule has 3 aromatic rings. The van der Waals surface area contributed by atoms with Gasteiger partial charge in [0.1, 0.15) is 5.82 Å². The Morgan fingerprint density at radius 2 is 1.81 bits per heavy atom. The molecule has 1 atom stereocenters. The van der Waals surface area contributed by atoms with Gasteiger partial charge in [-0.15, -0.1) is 0 Å². The molecular formula is C22H26N4. The number of piperazine rings is 1. The number of hydrogen-bond donors (Lipinski definition) is 0. The van der Waals surface area contributed by atoms with Crippen molar-refractivity contribution in [3.8, 4) is 0 Å². The van der Waals surface area contributed by atoms with Crippen molar-refractivity contribution in [3.63, 3.8) is 0 Å². The fraction of sp³-hybridized carbons (Fsp3) is 0.318. The topological polar surface area (TPSA) is 22.6 Å². The summed E-state index contributed by atoms with van der Waals surface area (Å²) in [7, 11) is 4.45. The van der Waals surface area contributed by atoms with Crippen LogP contribution in [0.25, 0.3) is 10.8 Å². The van der Waals surface area contributed by atoms with E-state index in [-0.39, 0.29) is 0 Å². The Kier molecular flexibility index (Phi) is 4.87. The molecule has 0 saturated carbocycles. The van der Waals surface area contributed by atoms with Crippen LogP contribution in [0.3, 0.4) is 0 Å². The van der Waals surface area contributed by atoms with Gasteiger partial charge in [-0.3, -0.25) is 9.80 Å². The second-order valence-corrected chi connectivity index (χ2v) is 7.15. The predicted molar refractivity (Wildman–Crippen MR) is 108 cm³/mol. The first-order valence-corrected chi connectivity index (χ1v) is 9.25. The van der Waals surface area contributed by atoms with Crippen LogP contribution in [0.4, 0.5) is 5.82 Å². The summed E-state index contributed by atoms with van der Waals surface area (Å²) in [6.07, 6.45) is 2.24. The Bertz CT molecular complexity index is 859. The lowest BCUT2D eigenvalue weighted by atomic mass is 10.0. The Labute approximate surface area is 155 Å². The summed E-state index contributed by atoms with van der Waals surface area (Å²) in [5.74, 6) is 1.07. The van der Waals surface area contributed by atoms with Crippen LogP contribution in [0, 0.1) is 0 Å². The van der Waals surface area contributed by atoms with Crippen LogP contribution in [0.1, 0.15) is 5.56 Å². The highest BCUT2D eigenvalue weighted by molar-refractivity contribution is 5.85. The Hall–Kier alpha value is -2.43. The van der Waals surface area contributed by atoms with E-state index in [0.29, 0.717) is 6.17 Å². The van der Waals surface area contributed by atoms with Gasteiger partial charge in [0.15, 0.2) is 0 Å². The molecule has 1 aliphatic rings. The lowest BCUT2D eigenvalue weighted by Gasteiger charge is -2.44. The summed E-state index contributed by atoms with van der Waals surface area (Å²) in [6.45, 7) is 3.97. The van der Waals surface area contributed by atoms with Crippen LogP contribution in [0.5, 0.6) is 0 Å². The van der Waals surface area contributed by atoms with Crippen LogP contribution >= 0.6 is 0 Å². The minimum Gasteiger partial charge on any atom is -0.352 e. The Balaban J connectivity index is 1.53. The molecule has 1 aromatic heterocycles. The van der Waals surface area contributed by atoms with Crippen molar-refractivity contribution in [1.29, 1.82) is 0 Å². The summed E-state index contributed by atoms with van der Waals surface area (Å²) < 4.78 is 0. The van der Waals surface area contributed by atoms with Crippen molar-refractivity contribution < 1.29 is 0 Å². The molecule has 1 aliphatic heterocycles. The van der Waals surface area contributed by atoms with E-state index in [2.05, 4.69) is 88.4 Å². The summed E-state index contributed by atoms with van der Waals surface area (Å²) in [6, 6.07) is 21.4. The van der Waals surface area contributed by atoms with Crippen LogP contribution in [-0.4, -0.2) is 54.7 Å². The van der Waals surface area contributed by atoms with E-state index >= 15 is 0 Å². The smallest absolute Gasteiger partial charge is 0.128 e. The average molecular weight is 346 g/mol. The fourth-order valence-electron chi connectivity index (χ4n) is 3.88. The highest BCUT2D eigenvalue weighted by Gasteiger charge is 2.28. The third kappa shape index (κ3) is 3.43. The third-order valence-electron chi connectivity index (χ3n) is 5.40. The molecule has 4 nitrogen and oxygen atoms in total. The predicted octanol–water partition coefficient (Wildman–Crippen LogP) is 3.44. The number of fused-ring (bicyclic) bond motifs is 1.